The summed E-state index contributed by atoms with van der Waals surface area (Å²) < 4.78 is 6.49. The van der Waals surface area contributed by atoms with Crippen molar-refractivity contribution in [2.75, 3.05) is 0 Å². The zero-order valence-corrected chi connectivity index (χ0v) is 21.9. The molecule has 0 aliphatic carbocycles. The predicted molar refractivity (Wildman–Crippen MR) is 163 cm³/mol. The van der Waals surface area contributed by atoms with Gasteiger partial charge in [-0.2, -0.15) is 5.26 Å². The number of furan rings is 1. The summed E-state index contributed by atoms with van der Waals surface area (Å²) in [7, 11) is 0. The number of nitriles is 1. The minimum absolute atomic E-state index is 0.538. The first-order valence-corrected chi connectivity index (χ1v) is 13.3. The van der Waals surface area contributed by atoms with Crippen molar-refractivity contribution in [3.05, 3.63) is 139 Å². The molecule has 3 heteroatoms. The van der Waals surface area contributed by atoms with E-state index >= 15 is 0 Å². The highest BCUT2D eigenvalue weighted by Gasteiger charge is 2.16. The second kappa shape index (κ2) is 9.69. The zero-order chi connectivity index (χ0) is 27.1. The van der Waals surface area contributed by atoms with Gasteiger partial charge in [-0.25, -0.2) is 0 Å². The van der Waals surface area contributed by atoms with Crippen molar-refractivity contribution in [2.24, 2.45) is 0 Å². The SMILES string of the molecule is Cc1ccc(-c2ccc3c(c2)oc2c(-c4cc(-c5ccc(-c6ccccc6)cc5)c(C#N)cn4)cccc23)cc1. The Bertz CT molecular complexity index is 2050. The highest BCUT2D eigenvalue weighted by atomic mass is 16.3. The smallest absolute Gasteiger partial charge is 0.144 e. The van der Waals surface area contributed by atoms with Crippen molar-refractivity contribution in [3.8, 4) is 50.7 Å². The first-order chi connectivity index (χ1) is 19.7. The van der Waals surface area contributed by atoms with E-state index in [2.05, 4.69) is 103 Å². The summed E-state index contributed by atoms with van der Waals surface area (Å²) in [5.41, 5.74) is 11.5. The largest absolute Gasteiger partial charge is 0.455 e. The van der Waals surface area contributed by atoms with Crippen LogP contribution in [0.5, 0.6) is 0 Å². The summed E-state index contributed by atoms with van der Waals surface area (Å²) in [4.78, 5) is 4.68. The van der Waals surface area contributed by atoms with Crippen molar-refractivity contribution in [2.45, 2.75) is 6.92 Å². The molecule has 0 spiro atoms. The van der Waals surface area contributed by atoms with E-state index in [1.807, 2.05) is 36.4 Å². The minimum Gasteiger partial charge on any atom is -0.455 e. The molecule has 0 amide bonds. The Morgan fingerprint density at radius 3 is 2.05 bits per heavy atom. The molecule has 2 aromatic heterocycles. The number of aryl methyl sites for hydroxylation is 1. The van der Waals surface area contributed by atoms with Gasteiger partial charge < -0.3 is 4.42 Å². The van der Waals surface area contributed by atoms with Crippen LogP contribution in [0.3, 0.4) is 0 Å². The lowest BCUT2D eigenvalue weighted by Crippen LogP contribution is -1.91. The Hall–Kier alpha value is -5.46. The van der Waals surface area contributed by atoms with Crippen LogP contribution in [0.25, 0.3) is 66.6 Å². The minimum atomic E-state index is 0.538. The van der Waals surface area contributed by atoms with E-state index in [0.29, 0.717) is 5.56 Å². The summed E-state index contributed by atoms with van der Waals surface area (Å²) in [5.74, 6) is 0. The molecule has 7 rings (SSSR count). The van der Waals surface area contributed by atoms with Crippen LogP contribution < -0.4 is 0 Å². The normalized spacial score (nSPS) is 11.1. The highest BCUT2D eigenvalue weighted by molar-refractivity contribution is 6.10. The molecule has 0 unspecified atom stereocenters. The van der Waals surface area contributed by atoms with E-state index in [1.165, 1.54) is 5.56 Å². The van der Waals surface area contributed by atoms with E-state index in [1.54, 1.807) is 6.20 Å². The van der Waals surface area contributed by atoms with E-state index < -0.39 is 0 Å². The van der Waals surface area contributed by atoms with Gasteiger partial charge in [-0.15, -0.1) is 0 Å². The Morgan fingerprint density at radius 1 is 0.600 bits per heavy atom. The lowest BCUT2D eigenvalue weighted by atomic mass is 9.96. The van der Waals surface area contributed by atoms with Gasteiger partial charge in [-0.05, 0) is 59.0 Å². The molecule has 188 valence electrons. The Balaban J connectivity index is 1.32. The number of rotatable bonds is 4. The summed E-state index contributed by atoms with van der Waals surface area (Å²) in [6, 6.07) is 44.0. The number of aromatic nitrogens is 1. The molecule has 0 aliphatic heterocycles. The lowest BCUT2D eigenvalue weighted by Gasteiger charge is -2.09. The van der Waals surface area contributed by atoms with Gasteiger partial charge in [-0.3, -0.25) is 4.98 Å². The van der Waals surface area contributed by atoms with Crippen molar-refractivity contribution >= 4 is 21.9 Å². The third kappa shape index (κ3) is 4.13. The third-order valence-electron chi connectivity index (χ3n) is 7.49. The predicted octanol–water partition coefficient (Wildman–Crippen LogP) is 9.83. The van der Waals surface area contributed by atoms with Crippen LogP contribution in [0.4, 0.5) is 0 Å². The summed E-state index contributed by atoms with van der Waals surface area (Å²) in [5, 5.41) is 12.0. The standard InChI is InChI=1S/C37H24N2O/c1-24-10-12-27(13-11-24)29-18-19-31-32-8-5-9-33(37(32)40-36(31)20-29)35-21-34(30(22-38)23-39-35)28-16-14-26(15-17-28)25-6-3-2-4-7-25/h2-21,23H,1H3. The molecular formula is C37H24N2O. The number of nitrogens with zero attached hydrogens (tertiary/aromatic N) is 2. The van der Waals surface area contributed by atoms with Crippen molar-refractivity contribution in [3.63, 3.8) is 0 Å². The first-order valence-electron chi connectivity index (χ1n) is 13.3. The van der Waals surface area contributed by atoms with E-state index in [-0.39, 0.29) is 0 Å². The van der Waals surface area contributed by atoms with Gasteiger partial charge in [0.25, 0.3) is 0 Å². The Labute approximate surface area is 232 Å². The van der Waals surface area contributed by atoms with Gasteiger partial charge in [0.15, 0.2) is 0 Å². The van der Waals surface area contributed by atoms with Gasteiger partial charge in [0.1, 0.15) is 17.2 Å². The second-order valence-corrected chi connectivity index (χ2v) is 10.0. The lowest BCUT2D eigenvalue weighted by molar-refractivity contribution is 0.670. The Kier molecular flexibility index (Phi) is 5.73. The van der Waals surface area contributed by atoms with Crippen LogP contribution in [0.1, 0.15) is 11.1 Å². The van der Waals surface area contributed by atoms with Gasteiger partial charge in [-0.1, -0.05) is 103 Å². The maximum Gasteiger partial charge on any atom is 0.144 e. The number of benzene rings is 5. The third-order valence-corrected chi connectivity index (χ3v) is 7.49. The fourth-order valence-corrected chi connectivity index (χ4v) is 5.33. The van der Waals surface area contributed by atoms with Crippen molar-refractivity contribution in [1.29, 1.82) is 5.26 Å². The molecule has 0 atom stereocenters. The van der Waals surface area contributed by atoms with E-state index in [9.17, 15) is 5.26 Å². The summed E-state index contributed by atoms with van der Waals surface area (Å²) in [6.45, 7) is 2.09. The maximum atomic E-state index is 9.87. The quantitative estimate of drug-likeness (QED) is 0.236. The number of hydrogen-bond acceptors (Lipinski definition) is 3. The second-order valence-electron chi connectivity index (χ2n) is 10.0. The molecule has 2 heterocycles. The summed E-state index contributed by atoms with van der Waals surface area (Å²) >= 11 is 0. The van der Waals surface area contributed by atoms with Crippen LogP contribution >= 0.6 is 0 Å². The maximum absolute atomic E-state index is 9.87. The highest BCUT2D eigenvalue weighted by Crippen LogP contribution is 2.38. The van der Waals surface area contributed by atoms with E-state index in [4.69, 9.17) is 4.42 Å². The van der Waals surface area contributed by atoms with Crippen LogP contribution in [-0.4, -0.2) is 4.98 Å². The number of hydrogen-bond donors (Lipinski definition) is 0. The number of fused-ring (bicyclic) bond motifs is 3. The van der Waals surface area contributed by atoms with Gasteiger partial charge >= 0.3 is 0 Å². The van der Waals surface area contributed by atoms with Crippen molar-refractivity contribution < 1.29 is 4.42 Å². The average molecular weight is 513 g/mol. The molecular weight excluding hydrogens is 488 g/mol. The summed E-state index contributed by atoms with van der Waals surface area (Å²) in [6.07, 6.45) is 1.66. The average Bonchev–Trinajstić information content (AvgIpc) is 3.40. The van der Waals surface area contributed by atoms with Crippen LogP contribution in [-0.2, 0) is 0 Å². The molecule has 0 fully saturated rings. The van der Waals surface area contributed by atoms with Crippen molar-refractivity contribution in [1.82, 2.24) is 4.98 Å². The fraction of sp³-hybridized carbons (Fsp3) is 0.0270. The van der Waals surface area contributed by atoms with Gasteiger partial charge in [0, 0.05) is 28.1 Å². The first kappa shape index (κ1) is 23.6. The molecule has 0 bridgehead atoms. The molecule has 0 N–H and O–H groups in total. The molecule has 3 nitrogen and oxygen atoms in total. The van der Waals surface area contributed by atoms with Crippen LogP contribution in [0, 0.1) is 18.3 Å². The molecule has 0 aliphatic rings. The monoisotopic (exact) mass is 512 g/mol. The topological polar surface area (TPSA) is 49.8 Å². The molecule has 0 saturated heterocycles. The van der Waals surface area contributed by atoms with Gasteiger partial charge in [0.05, 0.1) is 11.3 Å². The molecule has 40 heavy (non-hydrogen) atoms. The van der Waals surface area contributed by atoms with E-state index in [0.717, 1.165) is 66.6 Å². The number of para-hydroxylation sites is 1. The molecule has 0 saturated carbocycles. The number of pyridine rings is 1. The molecule has 5 aromatic carbocycles. The molecule has 7 aromatic rings. The molecule has 0 radical (unpaired) electrons. The fourth-order valence-electron chi connectivity index (χ4n) is 5.33. The van der Waals surface area contributed by atoms with Gasteiger partial charge in [0.2, 0.25) is 0 Å². The Morgan fingerprint density at radius 2 is 1.27 bits per heavy atom. The van der Waals surface area contributed by atoms with Crippen LogP contribution in [0.15, 0.2) is 132 Å². The zero-order valence-electron chi connectivity index (χ0n) is 21.9. The van der Waals surface area contributed by atoms with Crippen LogP contribution in [0.2, 0.25) is 0 Å².